The summed E-state index contributed by atoms with van der Waals surface area (Å²) in [5.41, 5.74) is 11.8. The molecule has 11 aromatic carbocycles. The molecule has 0 amide bonds. The second-order valence-corrected chi connectivity index (χ2v) is 17.5. The van der Waals surface area contributed by atoms with Gasteiger partial charge in [0.25, 0.3) is 0 Å². The Morgan fingerprint density at radius 3 is 1.53 bits per heavy atom. The fraction of sp³-hybridized carbons (Fsp3) is 0. The molecule has 0 unspecified atom stereocenters. The molecule has 0 saturated carbocycles. The van der Waals surface area contributed by atoms with E-state index in [1.807, 2.05) is 18.2 Å². The molecule has 0 spiro atoms. The average molecular weight is 867 g/mol. The van der Waals surface area contributed by atoms with Crippen LogP contribution in [-0.2, 0) is 0 Å². The molecular formula is C63H38N4O. The third-order valence-electron chi connectivity index (χ3n) is 13.6. The first-order valence-corrected chi connectivity index (χ1v) is 23.0. The van der Waals surface area contributed by atoms with Crippen molar-refractivity contribution in [2.45, 2.75) is 0 Å². The van der Waals surface area contributed by atoms with Crippen molar-refractivity contribution < 1.29 is 4.42 Å². The molecule has 316 valence electrons. The zero-order chi connectivity index (χ0) is 44.7. The minimum absolute atomic E-state index is 0.534. The maximum atomic E-state index is 6.99. The van der Waals surface area contributed by atoms with E-state index < -0.39 is 0 Å². The maximum Gasteiger partial charge on any atom is 0.167 e. The molecule has 14 aromatic rings. The van der Waals surface area contributed by atoms with Crippen LogP contribution in [0.2, 0.25) is 0 Å². The van der Waals surface area contributed by atoms with E-state index in [0.717, 1.165) is 82.9 Å². The predicted molar refractivity (Wildman–Crippen MR) is 281 cm³/mol. The molecule has 5 nitrogen and oxygen atoms in total. The molecule has 3 aromatic heterocycles. The average Bonchev–Trinajstić information content (AvgIpc) is 3.97. The van der Waals surface area contributed by atoms with Crippen LogP contribution in [-0.4, -0.2) is 19.5 Å². The first kappa shape index (κ1) is 38.1. The van der Waals surface area contributed by atoms with Crippen molar-refractivity contribution in [3.63, 3.8) is 0 Å². The largest absolute Gasteiger partial charge is 0.455 e. The lowest BCUT2D eigenvalue weighted by Gasteiger charge is -2.15. The number of hydrogen-bond acceptors (Lipinski definition) is 4. The normalized spacial score (nSPS) is 11.8. The van der Waals surface area contributed by atoms with E-state index in [1.165, 1.54) is 37.8 Å². The molecule has 0 saturated heterocycles. The van der Waals surface area contributed by atoms with Gasteiger partial charge in [-0.25, -0.2) is 15.0 Å². The highest BCUT2D eigenvalue weighted by Crippen LogP contribution is 2.44. The van der Waals surface area contributed by atoms with Gasteiger partial charge in [0.2, 0.25) is 0 Å². The third kappa shape index (κ3) is 5.99. The summed E-state index contributed by atoms with van der Waals surface area (Å²) in [5, 5.41) is 11.5. The molecule has 14 rings (SSSR count). The molecule has 0 aliphatic carbocycles. The standard InChI is InChI=1S/C63H38N4O/c1-3-17-39(18-4-1)46-24-11-13-27-50(46)61-64-62(51-28-14-12-25-47(51)40-19-5-2-6-20-40)66-63(65-61)55-36-44-31-33-45(38-53(44)58-52-29-15-16-30-57(52)68-60(55)58)67-56-37-43-23-8-7-22-42(43)35-54(56)49-34-32-41-21-9-10-26-48(41)59(49)67/h1-38H. The maximum absolute atomic E-state index is 6.99. The first-order chi connectivity index (χ1) is 33.7. The summed E-state index contributed by atoms with van der Waals surface area (Å²) in [4.78, 5) is 16.1. The fourth-order valence-corrected chi connectivity index (χ4v) is 10.5. The molecule has 0 radical (unpaired) electrons. The number of para-hydroxylation sites is 1. The number of fused-ring (bicyclic) bond motifs is 11. The zero-order valence-electron chi connectivity index (χ0n) is 36.6. The lowest BCUT2D eigenvalue weighted by Crippen LogP contribution is -2.02. The smallest absolute Gasteiger partial charge is 0.167 e. The van der Waals surface area contributed by atoms with E-state index in [9.17, 15) is 0 Å². The molecule has 0 bridgehead atoms. The second kappa shape index (κ2) is 15.2. The Kier molecular flexibility index (Phi) is 8.52. The monoisotopic (exact) mass is 866 g/mol. The highest BCUT2D eigenvalue weighted by molar-refractivity contribution is 6.24. The van der Waals surface area contributed by atoms with Crippen molar-refractivity contribution in [3.05, 3.63) is 231 Å². The summed E-state index contributed by atoms with van der Waals surface area (Å²) in [6.45, 7) is 0. The summed E-state index contributed by atoms with van der Waals surface area (Å²) >= 11 is 0. The van der Waals surface area contributed by atoms with Gasteiger partial charge in [0.15, 0.2) is 17.5 Å². The number of benzene rings is 11. The molecule has 0 fully saturated rings. The fourth-order valence-electron chi connectivity index (χ4n) is 10.5. The van der Waals surface area contributed by atoms with Crippen LogP contribution in [0.25, 0.3) is 138 Å². The SMILES string of the molecule is c1ccc(-c2ccccc2-c2nc(-c3ccccc3-c3ccccc3)nc(-c3cc4ccc(-n5c6cc7ccccc7cc6c6ccc7ccccc7c65)cc4c4c3oc3ccccc34)n2)cc1. The Morgan fingerprint density at radius 2 is 0.853 bits per heavy atom. The Bertz CT molecular complexity index is 4220. The molecule has 0 N–H and O–H groups in total. The second-order valence-electron chi connectivity index (χ2n) is 17.5. The summed E-state index contributed by atoms with van der Waals surface area (Å²) in [6, 6.07) is 81.6. The van der Waals surface area contributed by atoms with Crippen LogP contribution >= 0.6 is 0 Å². The van der Waals surface area contributed by atoms with Gasteiger partial charge < -0.3 is 8.98 Å². The van der Waals surface area contributed by atoms with Crippen molar-refractivity contribution in [3.8, 4) is 62.1 Å². The van der Waals surface area contributed by atoms with Gasteiger partial charge in [-0.1, -0.05) is 194 Å². The molecular weight excluding hydrogens is 829 g/mol. The van der Waals surface area contributed by atoms with Gasteiger partial charge in [0.1, 0.15) is 11.2 Å². The van der Waals surface area contributed by atoms with Crippen molar-refractivity contribution in [2.75, 3.05) is 0 Å². The van der Waals surface area contributed by atoms with Crippen molar-refractivity contribution in [1.29, 1.82) is 0 Å². The van der Waals surface area contributed by atoms with Gasteiger partial charge in [0, 0.05) is 43.7 Å². The lowest BCUT2D eigenvalue weighted by molar-refractivity contribution is 0.670. The number of rotatable bonds is 6. The Hall–Kier alpha value is -9.19. The van der Waals surface area contributed by atoms with Crippen LogP contribution < -0.4 is 0 Å². The lowest BCUT2D eigenvalue weighted by atomic mass is 9.97. The van der Waals surface area contributed by atoms with E-state index in [2.05, 4.69) is 217 Å². The number of furan rings is 1. The summed E-state index contributed by atoms with van der Waals surface area (Å²) in [6.07, 6.45) is 0. The molecule has 3 heterocycles. The summed E-state index contributed by atoms with van der Waals surface area (Å²) in [7, 11) is 0. The van der Waals surface area contributed by atoms with Gasteiger partial charge >= 0.3 is 0 Å². The molecule has 5 heteroatoms. The van der Waals surface area contributed by atoms with Gasteiger partial charge in [-0.2, -0.15) is 0 Å². The highest BCUT2D eigenvalue weighted by Gasteiger charge is 2.24. The van der Waals surface area contributed by atoms with Crippen LogP contribution in [0.3, 0.4) is 0 Å². The van der Waals surface area contributed by atoms with E-state index in [0.29, 0.717) is 17.5 Å². The highest BCUT2D eigenvalue weighted by atomic mass is 16.3. The number of nitrogens with zero attached hydrogens (tertiary/aromatic N) is 4. The summed E-state index contributed by atoms with van der Waals surface area (Å²) in [5.74, 6) is 1.70. The van der Waals surface area contributed by atoms with Crippen LogP contribution in [0.5, 0.6) is 0 Å². The van der Waals surface area contributed by atoms with Crippen molar-refractivity contribution >= 4 is 76.1 Å². The van der Waals surface area contributed by atoms with E-state index in [1.54, 1.807) is 0 Å². The van der Waals surface area contributed by atoms with Gasteiger partial charge in [-0.15, -0.1) is 0 Å². The van der Waals surface area contributed by atoms with Crippen LogP contribution in [0, 0.1) is 0 Å². The first-order valence-electron chi connectivity index (χ1n) is 23.0. The summed E-state index contributed by atoms with van der Waals surface area (Å²) < 4.78 is 9.45. The predicted octanol–water partition coefficient (Wildman–Crippen LogP) is 16.7. The Balaban J connectivity index is 1.05. The zero-order valence-corrected chi connectivity index (χ0v) is 36.6. The van der Waals surface area contributed by atoms with Crippen LogP contribution in [0.15, 0.2) is 235 Å². The Morgan fingerprint density at radius 1 is 0.324 bits per heavy atom. The van der Waals surface area contributed by atoms with E-state index in [4.69, 9.17) is 19.4 Å². The van der Waals surface area contributed by atoms with Crippen LogP contribution in [0.1, 0.15) is 0 Å². The van der Waals surface area contributed by atoms with Gasteiger partial charge in [-0.05, 0) is 85.6 Å². The Labute approximate surface area is 390 Å². The third-order valence-corrected chi connectivity index (χ3v) is 13.6. The van der Waals surface area contributed by atoms with Crippen molar-refractivity contribution in [1.82, 2.24) is 19.5 Å². The quantitative estimate of drug-likeness (QED) is 0.167. The van der Waals surface area contributed by atoms with Crippen LogP contribution in [0.4, 0.5) is 0 Å². The number of aromatic nitrogens is 4. The van der Waals surface area contributed by atoms with Crippen molar-refractivity contribution in [2.24, 2.45) is 0 Å². The molecule has 0 aliphatic heterocycles. The van der Waals surface area contributed by atoms with Gasteiger partial charge in [-0.3, -0.25) is 0 Å². The minimum atomic E-state index is 0.534. The number of hydrogen-bond donors (Lipinski definition) is 0. The molecule has 68 heavy (non-hydrogen) atoms. The molecule has 0 atom stereocenters. The molecule has 0 aliphatic rings. The topological polar surface area (TPSA) is 56.7 Å². The van der Waals surface area contributed by atoms with E-state index in [-0.39, 0.29) is 0 Å². The minimum Gasteiger partial charge on any atom is -0.455 e. The van der Waals surface area contributed by atoms with E-state index >= 15 is 0 Å². The van der Waals surface area contributed by atoms with Gasteiger partial charge in [0.05, 0.1) is 16.6 Å².